The Morgan fingerprint density at radius 3 is 3.00 bits per heavy atom. The molecule has 3 unspecified atom stereocenters. The maximum Gasteiger partial charge on any atom is 0.321 e. The van der Waals surface area contributed by atoms with Crippen molar-refractivity contribution in [3.63, 3.8) is 0 Å². The van der Waals surface area contributed by atoms with E-state index in [0.717, 1.165) is 32.8 Å². The lowest BCUT2D eigenvalue weighted by Crippen LogP contribution is -2.28. The summed E-state index contributed by atoms with van der Waals surface area (Å²) < 4.78 is 22.1. The minimum Gasteiger partial charge on any atom is -0.397 e. The molecule has 2 rings (SSSR count). The highest BCUT2D eigenvalue weighted by Crippen LogP contribution is 2.13. The zero-order chi connectivity index (χ0) is 11.2. The van der Waals surface area contributed by atoms with Crippen LogP contribution in [0.25, 0.3) is 0 Å². The Morgan fingerprint density at radius 1 is 1.44 bits per heavy atom. The largest absolute Gasteiger partial charge is 0.397 e. The van der Waals surface area contributed by atoms with Crippen LogP contribution >= 0.6 is 0 Å². The van der Waals surface area contributed by atoms with Crippen molar-refractivity contribution in [2.24, 2.45) is 0 Å². The second kappa shape index (κ2) is 6.71. The predicted octanol–water partition coefficient (Wildman–Crippen LogP) is 1.23. The molecule has 94 valence electrons. The van der Waals surface area contributed by atoms with E-state index in [1.54, 1.807) is 0 Å². The van der Waals surface area contributed by atoms with Gasteiger partial charge in [-0.25, -0.2) is 0 Å². The van der Waals surface area contributed by atoms with Gasteiger partial charge in [0.15, 0.2) is 0 Å². The highest BCUT2D eigenvalue weighted by Gasteiger charge is 2.23. The van der Waals surface area contributed by atoms with Gasteiger partial charge in [0.25, 0.3) is 0 Å². The molecule has 5 heteroatoms. The second-order valence-electron chi connectivity index (χ2n) is 4.55. The molecule has 0 aliphatic carbocycles. The van der Waals surface area contributed by atoms with Crippen molar-refractivity contribution in [2.75, 3.05) is 26.4 Å². The molecule has 0 saturated carbocycles. The molecule has 4 nitrogen and oxygen atoms in total. The summed E-state index contributed by atoms with van der Waals surface area (Å²) in [4.78, 5) is 0. The molecule has 16 heavy (non-hydrogen) atoms. The highest BCUT2D eigenvalue weighted by atomic mass is 28.3. The van der Waals surface area contributed by atoms with Crippen molar-refractivity contribution < 1.29 is 18.3 Å². The summed E-state index contributed by atoms with van der Waals surface area (Å²) in [6.45, 7) is 5.38. The third-order valence-electron chi connectivity index (χ3n) is 2.94. The number of hydrogen-bond acceptors (Lipinski definition) is 4. The van der Waals surface area contributed by atoms with E-state index in [9.17, 15) is 0 Å². The first-order valence-corrected chi connectivity index (χ1v) is 8.07. The lowest BCUT2D eigenvalue weighted by molar-refractivity contribution is 0.0372. The Kier molecular flexibility index (Phi) is 5.25. The first-order chi connectivity index (χ1) is 7.84. The van der Waals surface area contributed by atoms with Crippen LogP contribution in [0.5, 0.6) is 0 Å². The zero-order valence-electron chi connectivity index (χ0n) is 10.0. The van der Waals surface area contributed by atoms with E-state index < -0.39 is 9.28 Å². The van der Waals surface area contributed by atoms with Crippen molar-refractivity contribution >= 4 is 9.28 Å². The topological polar surface area (TPSA) is 40.2 Å². The third kappa shape index (κ3) is 4.93. The van der Waals surface area contributed by atoms with Crippen LogP contribution in [0.2, 0.25) is 6.04 Å². The van der Waals surface area contributed by atoms with E-state index in [1.807, 2.05) is 0 Å². The first kappa shape index (κ1) is 12.5. The van der Waals surface area contributed by atoms with E-state index >= 15 is 0 Å². The van der Waals surface area contributed by atoms with Gasteiger partial charge >= 0.3 is 9.28 Å². The average Bonchev–Trinajstić information content (AvgIpc) is 3.12. The molecule has 0 aromatic heterocycles. The van der Waals surface area contributed by atoms with E-state index in [0.29, 0.717) is 6.10 Å². The molecule has 2 aliphatic rings. The van der Waals surface area contributed by atoms with Crippen molar-refractivity contribution in [3.8, 4) is 0 Å². The Hall–Kier alpha value is 0.0569. The molecule has 2 saturated heterocycles. The summed E-state index contributed by atoms with van der Waals surface area (Å²) in [6.07, 6.45) is 4.07. The van der Waals surface area contributed by atoms with Gasteiger partial charge in [0, 0.05) is 13.2 Å². The Labute approximate surface area is 99.1 Å². The second-order valence-corrected chi connectivity index (χ2v) is 6.66. The molecule has 3 atom stereocenters. The van der Waals surface area contributed by atoms with Crippen LogP contribution < -0.4 is 0 Å². The molecule has 2 heterocycles. The van der Waals surface area contributed by atoms with Gasteiger partial charge in [0.05, 0.1) is 19.3 Å². The van der Waals surface area contributed by atoms with Gasteiger partial charge in [-0.1, -0.05) is 0 Å². The minimum atomic E-state index is -1.29. The van der Waals surface area contributed by atoms with Gasteiger partial charge in [-0.3, -0.25) is 0 Å². The molecule has 0 spiro atoms. The highest BCUT2D eigenvalue weighted by molar-refractivity contribution is 6.44. The van der Waals surface area contributed by atoms with Crippen LogP contribution in [0.1, 0.15) is 26.2 Å². The molecule has 0 aromatic carbocycles. The Balaban J connectivity index is 1.45. The summed E-state index contributed by atoms with van der Waals surface area (Å²) in [6, 6.07) is 1.17. The average molecular weight is 246 g/mol. The molecule has 0 aromatic rings. The smallest absolute Gasteiger partial charge is 0.321 e. The molecule has 2 fully saturated rings. The van der Waals surface area contributed by atoms with Gasteiger partial charge < -0.3 is 18.3 Å². The monoisotopic (exact) mass is 246 g/mol. The summed E-state index contributed by atoms with van der Waals surface area (Å²) in [5, 5.41) is 0. The van der Waals surface area contributed by atoms with Crippen LogP contribution in [-0.2, 0) is 18.3 Å². The van der Waals surface area contributed by atoms with Crippen LogP contribution in [0.3, 0.4) is 0 Å². The normalized spacial score (nSPS) is 31.3. The van der Waals surface area contributed by atoms with Gasteiger partial charge in [-0.05, 0) is 32.2 Å². The lowest BCUT2D eigenvalue weighted by Gasteiger charge is -2.21. The predicted molar refractivity (Wildman–Crippen MR) is 62.9 cm³/mol. The molecule has 0 amide bonds. The maximum atomic E-state index is 5.78. The molecule has 0 radical (unpaired) electrons. The zero-order valence-corrected chi connectivity index (χ0v) is 11.2. The molecular formula is C11H22O4Si. The quantitative estimate of drug-likeness (QED) is 0.500. The number of hydrogen-bond donors (Lipinski definition) is 0. The van der Waals surface area contributed by atoms with E-state index in [1.165, 1.54) is 18.9 Å². The number of epoxide rings is 1. The standard InChI is InChI=1S/C11H22O4Si/c1-10(12-8-11-9-13-11)4-6-15-16-7-3-2-5-14-16/h10-11,16H,2-9H2,1H3. The minimum absolute atomic E-state index is 0.266. The Bertz CT molecular complexity index is 192. The van der Waals surface area contributed by atoms with Crippen molar-refractivity contribution in [1.82, 2.24) is 0 Å². The summed E-state index contributed by atoms with van der Waals surface area (Å²) in [5.41, 5.74) is 0. The van der Waals surface area contributed by atoms with Gasteiger partial charge in [-0.15, -0.1) is 0 Å². The van der Waals surface area contributed by atoms with Crippen LogP contribution in [0, 0.1) is 0 Å². The molecule has 0 bridgehead atoms. The molecule has 0 N–H and O–H groups in total. The number of ether oxygens (including phenoxy) is 2. The summed E-state index contributed by atoms with van der Waals surface area (Å²) in [7, 11) is -1.29. The van der Waals surface area contributed by atoms with Gasteiger partial charge in [0.2, 0.25) is 0 Å². The van der Waals surface area contributed by atoms with E-state index in [4.69, 9.17) is 18.3 Å². The van der Waals surface area contributed by atoms with Crippen molar-refractivity contribution in [2.45, 2.75) is 44.4 Å². The van der Waals surface area contributed by atoms with Crippen molar-refractivity contribution in [1.29, 1.82) is 0 Å². The van der Waals surface area contributed by atoms with Crippen LogP contribution in [0.4, 0.5) is 0 Å². The fourth-order valence-electron chi connectivity index (χ4n) is 1.73. The maximum absolute atomic E-state index is 5.78. The number of rotatable bonds is 7. The summed E-state index contributed by atoms with van der Waals surface area (Å²) in [5.74, 6) is 0. The van der Waals surface area contributed by atoms with Crippen LogP contribution in [0.15, 0.2) is 0 Å². The summed E-state index contributed by atoms with van der Waals surface area (Å²) >= 11 is 0. The molecule has 2 aliphatic heterocycles. The lowest BCUT2D eigenvalue weighted by atomic mass is 10.3. The Morgan fingerprint density at radius 2 is 2.31 bits per heavy atom. The van der Waals surface area contributed by atoms with Crippen molar-refractivity contribution in [3.05, 3.63) is 0 Å². The first-order valence-electron chi connectivity index (χ1n) is 6.31. The van der Waals surface area contributed by atoms with Gasteiger partial charge in [-0.2, -0.15) is 0 Å². The fraction of sp³-hybridized carbons (Fsp3) is 1.00. The van der Waals surface area contributed by atoms with E-state index in [-0.39, 0.29) is 6.10 Å². The van der Waals surface area contributed by atoms with Gasteiger partial charge in [0.1, 0.15) is 6.10 Å². The third-order valence-corrected chi connectivity index (χ3v) is 5.03. The fourth-order valence-corrected chi connectivity index (χ4v) is 3.61. The van der Waals surface area contributed by atoms with Crippen LogP contribution in [-0.4, -0.2) is 47.9 Å². The SMILES string of the molecule is CC(CCO[SiH]1CCCCO1)OCC1CO1. The van der Waals surface area contributed by atoms with E-state index in [2.05, 4.69) is 6.92 Å². The molecular weight excluding hydrogens is 224 g/mol.